The minimum Gasteiger partial charge on any atom is -0.481 e. The van der Waals surface area contributed by atoms with E-state index >= 15 is 0 Å². The molecule has 0 radical (unpaired) electrons. The summed E-state index contributed by atoms with van der Waals surface area (Å²) in [6.07, 6.45) is 4.92. The maximum atomic E-state index is 13.2. The molecular formula is C27H33N7O2. The van der Waals surface area contributed by atoms with Gasteiger partial charge in [-0.15, -0.1) is 0 Å². The largest absolute Gasteiger partial charge is 0.481 e. The summed E-state index contributed by atoms with van der Waals surface area (Å²) >= 11 is 0. The molecule has 0 aliphatic heterocycles. The number of aryl methyl sites for hydroxylation is 3. The Labute approximate surface area is 211 Å². The van der Waals surface area contributed by atoms with E-state index in [0.29, 0.717) is 23.1 Å². The first-order valence-corrected chi connectivity index (χ1v) is 11.8. The number of pyridine rings is 1. The molecule has 0 aliphatic carbocycles. The van der Waals surface area contributed by atoms with Gasteiger partial charge < -0.3 is 14.2 Å². The Bertz CT molecular complexity index is 1450. The molecule has 4 rings (SSSR count). The molecule has 36 heavy (non-hydrogen) atoms. The molecule has 0 spiro atoms. The Morgan fingerprint density at radius 2 is 1.92 bits per heavy atom. The van der Waals surface area contributed by atoms with Crippen molar-refractivity contribution in [2.45, 2.75) is 20.3 Å². The third kappa shape index (κ3) is 5.16. The van der Waals surface area contributed by atoms with Crippen molar-refractivity contribution in [2.75, 3.05) is 33.1 Å². The summed E-state index contributed by atoms with van der Waals surface area (Å²) in [6, 6.07) is 9.67. The Kier molecular flexibility index (Phi) is 7.21. The standard InChI is InChI=1S/C27H33N7O2/c1-17(9-8-12-32(3)4)19-10-11-22-24(15-19)33(5)27(30-22)31-25(35)20-13-18(2)29-23(14-20)21-16-28-34(6)26(21)36-7/h9-11,13-16H,8,12H2,1-7H3,(H,30,31,35)/b17-9-. The van der Waals surface area contributed by atoms with Gasteiger partial charge in [-0.3, -0.25) is 15.1 Å². The Morgan fingerprint density at radius 1 is 1.14 bits per heavy atom. The van der Waals surface area contributed by atoms with E-state index in [2.05, 4.69) is 64.5 Å². The number of nitrogens with one attached hydrogen (secondary N) is 1. The van der Waals surface area contributed by atoms with Gasteiger partial charge >= 0.3 is 0 Å². The zero-order chi connectivity index (χ0) is 26.0. The van der Waals surface area contributed by atoms with Gasteiger partial charge in [0.15, 0.2) is 0 Å². The number of carbonyl (C=O) groups excluding carboxylic acids is 1. The third-order valence-corrected chi connectivity index (χ3v) is 6.16. The molecule has 0 unspecified atom stereocenters. The number of rotatable bonds is 8. The first-order valence-electron chi connectivity index (χ1n) is 11.8. The molecule has 3 heterocycles. The molecule has 1 aromatic carbocycles. The van der Waals surface area contributed by atoms with E-state index in [-0.39, 0.29) is 5.91 Å². The van der Waals surface area contributed by atoms with Gasteiger partial charge in [0.1, 0.15) is 0 Å². The summed E-state index contributed by atoms with van der Waals surface area (Å²) in [4.78, 5) is 24.6. The highest BCUT2D eigenvalue weighted by molar-refractivity contribution is 6.04. The Balaban J connectivity index is 1.60. The van der Waals surface area contributed by atoms with Gasteiger partial charge in [-0.25, -0.2) is 9.67 Å². The summed E-state index contributed by atoms with van der Waals surface area (Å²) in [5.74, 6) is 0.802. The van der Waals surface area contributed by atoms with E-state index in [0.717, 1.165) is 40.8 Å². The Hall–Kier alpha value is -3.98. The lowest BCUT2D eigenvalue weighted by molar-refractivity contribution is 0.102. The molecule has 188 valence electrons. The highest BCUT2D eigenvalue weighted by Gasteiger charge is 2.18. The van der Waals surface area contributed by atoms with Crippen molar-refractivity contribution in [1.29, 1.82) is 0 Å². The molecule has 0 bridgehead atoms. The van der Waals surface area contributed by atoms with Gasteiger partial charge in [0.25, 0.3) is 5.91 Å². The highest BCUT2D eigenvalue weighted by Crippen LogP contribution is 2.29. The second kappa shape index (κ2) is 10.3. The maximum Gasteiger partial charge on any atom is 0.258 e. The third-order valence-electron chi connectivity index (χ3n) is 6.16. The van der Waals surface area contributed by atoms with E-state index in [9.17, 15) is 4.79 Å². The fraction of sp³-hybridized carbons (Fsp3) is 0.333. The first kappa shape index (κ1) is 25.1. The number of anilines is 1. The molecule has 0 saturated heterocycles. The van der Waals surface area contributed by atoms with Crippen molar-refractivity contribution >= 4 is 28.5 Å². The van der Waals surface area contributed by atoms with Crippen LogP contribution in [0.3, 0.4) is 0 Å². The predicted molar refractivity (Wildman–Crippen MR) is 143 cm³/mol. The number of hydrogen-bond acceptors (Lipinski definition) is 6. The monoisotopic (exact) mass is 487 g/mol. The normalized spacial score (nSPS) is 11.9. The van der Waals surface area contributed by atoms with Crippen LogP contribution in [0.5, 0.6) is 5.88 Å². The van der Waals surface area contributed by atoms with Gasteiger partial charge in [0, 0.05) is 31.9 Å². The fourth-order valence-corrected chi connectivity index (χ4v) is 4.16. The molecule has 0 fully saturated rings. The van der Waals surface area contributed by atoms with Crippen LogP contribution in [0.15, 0.2) is 42.6 Å². The number of benzene rings is 1. The van der Waals surface area contributed by atoms with Gasteiger partial charge in [0.05, 0.1) is 35.6 Å². The average molecular weight is 488 g/mol. The molecule has 4 aromatic rings. The minimum absolute atomic E-state index is 0.261. The van der Waals surface area contributed by atoms with Crippen molar-refractivity contribution in [2.24, 2.45) is 14.1 Å². The number of allylic oxidation sites excluding steroid dienone is 1. The molecule has 0 aliphatic rings. The summed E-state index contributed by atoms with van der Waals surface area (Å²) < 4.78 is 8.99. The van der Waals surface area contributed by atoms with E-state index in [1.807, 2.05) is 24.6 Å². The van der Waals surface area contributed by atoms with Crippen LogP contribution in [0, 0.1) is 6.92 Å². The van der Waals surface area contributed by atoms with Crippen molar-refractivity contribution < 1.29 is 9.53 Å². The molecule has 0 saturated carbocycles. The van der Waals surface area contributed by atoms with Gasteiger partial charge in [-0.1, -0.05) is 12.1 Å². The fourth-order valence-electron chi connectivity index (χ4n) is 4.16. The molecule has 9 heteroatoms. The van der Waals surface area contributed by atoms with Gasteiger partial charge in [-0.2, -0.15) is 5.10 Å². The topological polar surface area (TPSA) is 90.1 Å². The minimum atomic E-state index is -0.261. The van der Waals surface area contributed by atoms with Crippen molar-refractivity contribution in [3.63, 3.8) is 0 Å². The lowest BCUT2D eigenvalue weighted by Crippen LogP contribution is -2.15. The number of aromatic nitrogens is 5. The number of imidazole rings is 1. The lowest BCUT2D eigenvalue weighted by atomic mass is 10.1. The summed E-state index contributed by atoms with van der Waals surface area (Å²) in [6.45, 7) is 4.98. The molecular weight excluding hydrogens is 454 g/mol. The number of hydrogen-bond donors (Lipinski definition) is 1. The number of amides is 1. The Morgan fingerprint density at radius 3 is 2.64 bits per heavy atom. The van der Waals surface area contributed by atoms with Crippen LogP contribution in [0.1, 0.15) is 35.0 Å². The number of carbonyl (C=O) groups is 1. The predicted octanol–water partition coefficient (Wildman–Crippen LogP) is 4.29. The SMILES string of the molecule is COc1c(-c2cc(C(=O)Nc3nc4ccc(/C(C)=C\CCN(C)C)cc4n3C)cc(C)n2)cnn1C. The smallest absolute Gasteiger partial charge is 0.258 e. The second-order valence-electron chi connectivity index (χ2n) is 9.20. The van der Waals surface area contributed by atoms with Crippen LogP contribution in [-0.2, 0) is 14.1 Å². The first-order chi connectivity index (χ1) is 17.2. The van der Waals surface area contributed by atoms with Crippen molar-refractivity contribution in [3.8, 4) is 17.1 Å². The van der Waals surface area contributed by atoms with Crippen LogP contribution < -0.4 is 10.1 Å². The van der Waals surface area contributed by atoms with Crippen LogP contribution in [0.2, 0.25) is 0 Å². The van der Waals surface area contributed by atoms with Crippen molar-refractivity contribution in [1.82, 2.24) is 29.2 Å². The molecule has 1 amide bonds. The highest BCUT2D eigenvalue weighted by atomic mass is 16.5. The number of nitrogens with zero attached hydrogens (tertiary/aromatic N) is 6. The quantitative estimate of drug-likeness (QED) is 0.399. The van der Waals surface area contributed by atoms with Crippen LogP contribution in [0.25, 0.3) is 27.9 Å². The lowest BCUT2D eigenvalue weighted by Gasteiger charge is -2.09. The van der Waals surface area contributed by atoms with E-state index < -0.39 is 0 Å². The van der Waals surface area contributed by atoms with Crippen LogP contribution in [0.4, 0.5) is 5.95 Å². The molecule has 3 aromatic heterocycles. The maximum absolute atomic E-state index is 13.2. The summed E-state index contributed by atoms with van der Waals surface area (Å²) in [7, 11) is 9.44. The summed E-state index contributed by atoms with van der Waals surface area (Å²) in [5, 5.41) is 7.21. The van der Waals surface area contributed by atoms with Crippen LogP contribution in [-0.4, -0.2) is 62.9 Å². The number of methoxy groups -OCH3 is 1. The van der Waals surface area contributed by atoms with Crippen LogP contribution >= 0.6 is 0 Å². The van der Waals surface area contributed by atoms with E-state index in [4.69, 9.17) is 4.74 Å². The van der Waals surface area contributed by atoms with E-state index in [1.54, 1.807) is 37.2 Å². The number of fused-ring (bicyclic) bond motifs is 1. The van der Waals surface area contributed by atoms with E-state index in [1.165, 1.54) is 5.57 Å². The number of ether oxygens (including phenoxy) is 1. The molecule has 1 N–H and O–H groups in total. The van der Waals surface area contributed by atoms with Gasteiger partial charge in [-0.05, 0) is 69.8 Å². The van der Waals surface area contributed by atoms with Gasteiger partial charge in [0.2, 0.25) is 11.8 Å². The van der Waals surface area contributed by atoms with Crippen molar-refractivity contribution in [3.05, 3.63) is 59.4 Å². The average Bonchev–Trinajstić information content (AvgIpc) is 3.37. The zero-order valence-electron chi connectivity index (χ0n) is 22.0. The molecule has 0 atom stereocenters. The second-order valence-corrected chi connectivity index (χ2v) is 9.20. The summed E-state index contributed by atoms with van der Waals surface area (Å²) in [5.41, 5.74) is 6.68. The zero-order valence-corrected chi connectivity index (χ0v) is 22.0. The molecule has 9 nitrogen and oxygen atoms in total.